The highest BCUT2D eigenvalue weighted by atomic mass is 16.2. The van der Waals surface area contributed by atoms with Crippen LogP contribution in [0.5, 0.6) is 0 Å². The van der Waals surface area contributed by atoms with Crippen molar-refractivity contribution in [2.24, 2.45) is 0 Å². The van der Waals surface area contributed by atoms with Gasteiger partial charge in [0.2, 0.25) is 0 Å². The number of hydrogen-bond donors (Lipinski definition) is 2. The van der Waals surface area contributed by atoms with Crippen LogP contribution >= 0.6 is 0 Å². The van der Waals surface area contributed by atoms with Crippen molar-refractivity contribution in [1.29, 1.82) is 0 Å². The van der Waals surface area contributed by atoms with Gasteiger partial charge in [0.05, 0.1) is 12.2 Å². The molecule has 0 spiro atoms. The minimum absolute atomic E-state index is 0.110. The number of carbonyl (C=O) groups is 1. The molecule has 2 N–H and O–H groups in total. The molecule has 2 atom stereocenters. The molecule has 0 unspecified atom stereocenters. The van der Waals surface area contributed by atoms with Crippen molar-refractivity contribution >= 4 is 6.03 Å². The predicted octanol–water partition coefficient (Wildman–Crippen LogP) is 2.66. The minimum Gasteiger partial charge on any atom is -0.334 e. The summed E-state index contributed by atoms with van der Waals surface area (Å²) >= 11 is 0. The number of aromatic nitrogens is 2. The summed E-state index contributed by atoms with van der Waals surface area (Å²) < 4.78 is 0. The molecule has 1 saturated carbocycles. The fraction of sp³-hybridized carbons (Fsp3) is 0.778. The van der Waals surface area contributed by atoms with E-state index in [1.807, 2.05) is 17.3 Å². The molecule has 6 heteroatoms. The lowest BCUT2D eigenvalue weighted by atomic mass is 9.98. The highest BCUT2D eigenvalue weighted by Crippen LogP contribution is 2.31. The maximum Gasteiger partial charge on any atom is 0.318 e. The fourth-order valence-corrected chi connectivity index (χ4v) is 4.73. The van der Waals surface area contributed by atoms with Crippen LogP contribution < -0.4 is 5.32 Å². The normalized spacial score (nSPS) is 29.2. The first kappa shape index (κ1) is 15.9. The number of carbonyl (C=O) groups excluding carboxylic acids is 1. The third kappa shape index (κ3) is 3.29. The van der Waals surface area contributed by atoms with Crippen molar-refractivity contribution in [3.05, 3.63) is 18.0 Å². The molecule has 2 aliphatic heterocycles. The average Bonchev–Trinajstić information content (AvgIpc) is 3.36. The number of H-pyrrole nitrogens is 1. The van der Waals surface area contributed by atoms with Crippen LogP contribution in [0.15, 0.2) is 12.4 Å². The predicted molar refractivity (Wildman–Crippen MR) is 92.7 cm³/mol. The Balaban J connectivity index is 1.35. The van der Waals surface area contributed by atoms with Gasteiger partial charge in [-0.3, -0.25) is 10.00 Å². The van der Waals surface area contributed by atoms with Gasteiger partial charge in [0.15, 0.2) is 0 Å². The second-order valence-electron chi connectivity index (χ2n) is 7.60. The number of likely N-dealkylation sites (tertiary alicyclic amines) is 2. The minimum atomic E-state index is 0.110. The Labute approximate surface area is 144 Å². The number of rotatable bonds is 3. The van der Waals surface area contributed by atoms with Crippen LogP contribution in [0.2, 0.25) is 0 Å². The fourth-order valence-electron chi connectivity index (χ4n) is 4.73. The molecule has 24 heavy (non-hydrogen) atoms. The maximum absolute atomic E-state index is 12.9. The van der Waals surface area contributed by atoms with E-state index in [4.69, 9.17) is 0 Å². The molecule has 0 aromatic carbocycles. The number of nitrogens with one attached hydrogen (secondary N) is 2. The highest BCUT2D eigenvalue weighted by Gasteiger charge is 2.33. The third-order valence-electron chi connectivity index (χ3n) is 6.06. The van der Waals surface area contributed by atoms with Gasteiger partial charge in [-0.1, -0.05) is 12.8 Å². The average molecular weight is 331 g/mol. The van der Waals surface area contributed by atoms with E-state index in [9.17, 15) is 4.79 Å². The van der Waals surface area contributed by atoms with Gasteiger partial charge in [0, 0.05) is 43.5 Å². The summed E-state index contributed by atoms with van der Waals surface area (Å²) in [7, 11) is 0. The van der Waals surface area contributed by atoms with Gasteiger partial charge >= 0.3 is 6.03 Å². The van der Waals surface area contributed by atoms with Crippen LogP contribution in [0, 0.1) is 0 Å². The monoisotopic (exact) mass is 331 g/mol. The summed E-state index contributed by atoms with van der Waals surface area (Å²) in [6, 6.07) is 1.36. The molecule has 0 radical (unpaired) electrons. The summed E-state index contributed by atoms with van der Waals surface area (Å²) in [5, 5.41) is 10.2. The summed E-state index contributed by atoms with van der Waals surface area (Å²) in [5.74, 6) is 0. The molecule has 3 heterocycles. The summed E-state index contributed by atoms with van der Waals surface area (Å²) in [4.78, 5) is 17.5. The summed E-state index contributed by atoms with van der Waals surface area (Å²) in [6.45, 7) is 3.02. The largest absolute Gasteiger partial charge is 0.334 e. The van der Waals surface area contributed by atoms with E-state index in [-0.39, 0.29) is 12.1 Å². The number of piperidine rings is 1. The molecule has 1 aromatic heterocycles. The van der Waals surface area contributed by atoms with E-state index >= 15 is 0 Å². The Morgan fingerprint density at radius 1 is 1.12 bits per heavy atom. The SMILES string of the molecule is O=C(N[C@@H]1CCN(C2CCCC2)C1)N1CCCC[C@@H]1c1cn[nH]c1. The van der Waals surface area contributed by atoms with Crippen LogP contribution in [0.3, 0.4) is 0 Å². The molecular weight excluding hydrogens is 302 g/mol. The molecule has 2 amide bonds. The number of aromatic amines is 1. The molecule has 3 aliphatic rings. The Bertz CT molecular complexity index is 540. The molecule has 0 bridgehead atoms. The Hall–Kier alpha value is -1.56. The highest BCUT2D eigenvalue weighted by molar-refractivity contribution is 5.75. The van der Waals surface area contributed by atoms with Crippen molar-refractivity contribution < 1.29 is 4.79 Å². The van der Waals surface area contributed by atoms with Gasteiger partial charge in [-0.2, -0.15) is 5.10 Å². The van der Waals surface area contributed by atoms with Crippen LogP contribution in [0.25, 0.3) is 0 Å². The second-order valence-corrected chi connectivity index (χ2v) is 7.60. The number of nitrogens with zero attached hydrogens (tertiary/aromatic N) is 3. The molecule has 4 rings (SSSR count). The van der Waals surface area contributed by atoms with Gasteiger partial charge in [-0.05, 0) is 38.5 Å². The van der Waals surface area contributed by atoms with Gasteiger partial charge in [0.25, 0.3) is 0 Å². The molecule has 6 nitrogen and oxygen atoms in total. The van der Waals surface area contributed by atoms with Gasteiger partial charge in [0.1, 0.15) is 0 Å². The summed E-state index contributed by atoms with van der Waals surface area (Å²) in [6.07, 6.45) is 13.6. The second kappa shape index (κ2) is 7.13. The molecule has 2 saturated heterocycles. The number of amides is 2. The quantitative estimate of drug-likeness (QED) is 0.895. The van der Waals surface area contributed by atoms with Crippen molar-refractivity contribution in [3.8, 4) is 0 Å². The lowest BCUT2D eigenvalue weighted by molar-refractivity contribution is 0.147. The van der Waals surface area contributed by atoms with Crippen molar-refractivity contribution in [2.45, 2.75) is 69.5 Å². The van der Waals surface area contributed by atoms with Crippen LogP contribution in [-0.4, -0.2) is 57.7 Å². The van der Waals surface area contributed by atoms with E-state index in [0.29, 0.717) is 6.04 Å². The maximum atomic E-state index is 12.9. The van der Waals surface area contributed by atoms with E-state index in [1.54, 1.807) is 0 Å². The lowest BCUT2D eigenvalue weighted by Crippen LogP contribution is -2.49. The zero-order chi connectivity index (χ0) is 16.4. The van der Waals surface area contributed by atoms with Crippen molar-refractivity contribution in [1.82, 2.24) is 25.3 Å². The molecule has 1 aromatic rings. The van der Waals surface area contributed by atoms with Gasteiger partial charge in [-0.15, -0.1) is 0 Å². The molecule has 132 valence electrons. The van der Waals surface area contributed by atoms with Gasteiger partial charge < -0.3 is 10.2 Å². The van der Waals surface area contributed by atoms with Crippen LogP contribution in [0.4, 0.5) is 4.79 Å². The Morgan fingerprint density at radius 3 is 2.75 bits per heavy atom. The number of urea groups is 1. The zero-order valence-corrected chi connectivity index (χ0v) is 14.4. The summed E-state index contributed by atoms with van der Waals surface area (Å²) in [5.41, 5.74) is 1.13. The van der Waals surface area contributed by atoms with Crippen LogP contribution in [-0.2, 0) is 0 Å². The first-order chi connectivity index (χ1) is 11.8. The zero-order valence-electron chi connectivity index (χ0n) is 14.4. The number of hydrogen-bond acceptors (Lipinski definition) is 3. The van der Waals surface area contributed by atoms with E-state index in [2.05, 4.69) is 20.4 Å². The third-order valence-corrected chi connectivity index (χ3v) is 6.06. The Kier molecular flexibility index (Phi) is 4.74. The molecule has 1 aliphatic carbocycles. The van der Waals surface area contributed by atoms with Crippen molar-refractivity contribution in [3.63, 3.8) is 0 Å². The van der Waals surface area contributed by atoms with Crippen molar-refractivity contribution in [2.75, 3.05) is 19.6 Å². The van der Waals surface area contributed by atoms with Gasteiger partial charge in [-0.25, -0.2) is 4.79 Å². The van der Waals surface area contributed by atoms with E-state index in [0.717, 1.165) is 50.5 Å². The standard InChI is InChI=1S/C18H29N5O/c24-18(21-15-8-10-22(13-15)16-5-1-2-6-16)23-9-4-3-7-17(23)14-11-19-20-12-14/h11-12,15-17H,1-10,13H2,(H,19,20)(H,21,24)/t15-,17-/m1/s1. The topological polar surface area (TPSA) is 64.3 Å². The van der Waals surface area contributed by atoms with E-state index < -0.39 is 0 Å². The molecule has 3 fully saturated rings. The smallest absolute Gasteiger partial charge is 0.318 e. The molecular formula is C18H29N5O. The lowest BCUT2D eigenvalue weighted by Gasteiger charge is -2.36. The van der Waals surface area contributed by atoms with E-state index in [1.165, 1.54) is 32.1 Å². The van der Waals surface area contributed by atoms with Crippen LogP contribution in [0.1, 0.15) is 63.0 Å². The Morgan fingerprint density at radius 2 is 1.96 bits per heavy atom. The first-order valence-corrected chi connectivity index (χ1v) is 9.61. The first-order valence-electron chi connectivity index (χ1n) is 9.61.